The van der Waals surface area contributed by atoms with Gasteiger partial charge in [0.2, 0.25) is 0 Å². The summed E-state index contributed by atoms with van der Waals surface area (Å²) in [4.78, 5) is 11.4. The molecule has 26 heavy (non-hydrogen) atoms. The number of hydrogen-bond acceptors (Lipinski definition) is 5. The van der Waals surface area contributed by atoms with Crippen molar-refractivity contribution < 1.29 is 0 Å². The van der Waals surface area contributed by atoms with Gasteiger partial charge in [0.15, 0.2) is 5.96 Å². The Hall–Kier alpha value is -0.0600. The van der Waals surface area contributed by atoms with Crippen LogP contribution in [-0.2, 0) is 0 Å². The quantitative estimate of drug-likeness (QED) is 0.193. The molecule has 0 amide bonds. The SMILES string of the molecule is CN=C(NCCCSc1nccs1)NC1CCN(C2CCCC2)CC1.I. The van der Waals surface area contributed by atoms with Crippen LogP contribution in [0.4, 0.5) is 0 Å². The molecular formula is C18H32IN5S2. The lowest BCUT2D eigenvalue weighted by atomic mass is 10.0. The molecule has 8 heteroatoms. The Morgan fingerprint density at radius 3 is 2.73 bits per heavy atom. The molecule has 0 unspecified atom stereocenters. The molecule has 0 radical (unpaired) electrons. The van der Waals surface area contributed by atoms with E-state index < -0.39 is 0 Å². The Morgan fingerprint density at radius 2 is 2.08 bits per heavy atom. The number of guanidine groups is 1. The minimum absolute atomic E-state index is 0. The number of nitrogens with one attached hydrogen (secondary N) is 2. The van der Waals surface area contributed by atoms with Gasteiger partial charge >= 0.3 is 0 Å². The zero-order chi connectivity index (χ0) is 17.3. The van der Waals surface area contributed by atoms with Gasteiger partial charge in [-0.1, -0.05) is 24.6 Å². The van der Waals surface area contributed by atoms with Crippen molar-refractivity contribution in [1.82, 2.24) is 20.5 Å². The number of halogens is 1. The van der Waals surface area contributed by atoms with Crippen LogP contribution in [0.3, 0.4) is 0 Å². The third-order valence-corrected chi connectivity index (χ3v) is 7.24. The van der Waals surface area contributed by atoms with Crippen molar-refractivity contribution in [2.24, 2.45) is 4.99 Å². The molecule has 0 atom stereocenters. The highest BCUT2D eigenvalue weighted by Gasteiger charge is 2.27. The second kappa shape index (κ2) is 12.4. The number of rotatable bonds is 7. The van der Waals surface area contributed by atoms with Crippen LogP contribution in [-0.4, -0.2) is 60.4 Å². The highest BCUT2D eigenvalue weighted by molar-refractivity contribution is 14.0. The van der Waals surface area contributed by atoms with Gasteiger partial charge < -0.3 is 15.5 Å². The second-order valence-electron chi connectivity index (χ2n) is 6.89. The van der Waals surface area contributed by atoms with Crippen LogP contribution in [0, 0.1) is 0 Å². The minimum Gasteiger partial charge on any atom is -0.356 e. The molecule has 1 aliphatic heterocycles. The number of hydrogen-bond donors (Lipinski definition) is 2. The number of thiazole rings is 1. The Balaban J connectivity index is 0.00000243. The van der Waals surface area contributed by atoms with E-state index in [0.29, 0.717) is 6.04 Å². The van der Waals surface area contributed by atoms with Crippen LogP contribution in [0.15, 0.2) is 20.9 Å². The summed E-state index contributed by atoms with van der Waals surface area (Å²) in [5, 5.41) is 9.11. The van der Waals surface area contributed by atoms with E-state index in [2.05, 4.69) is 25.5 Å². The Bertz CT molecular complexity index is 512. The van der Waals surface area contributed by atoms with Crippen LogP contribution >= 0.6 is 47.1 Å². The van der Waals surface area contributed by atoms with Crippen molar-refractivity contribution >= 4 is 53.0 Å². The van der Waals surface area contributed by atoms with Crippen LogP contribution < -0.4 is 10.6 Å². The van der Waals surface area contributed by atoms with Gasteiger partial charge in [-0.2, -0.15) is 0 Å². The van der Waals surface area contributed by atoms with Crippen molar-refractivity contribution in [3.05, 3.63) is 11.6 Å². The fourth-order valence-electron chi connectivity index (χ4n) is 3.79. The molecule has 5 nitrogen and oxygen atoms in total. The maximum absolute atomic E-state index is 4.39. The molecular weight excluding hydrogens is 477 g/mol. The number of aromatic nitrogens is 1. The lowest BCUT2D eigenvalue weighted by Crippen LogP contribution is -2.50. The molecule has 1 saturated heterocycles. The van der Waals surface area contributed by atoms with Gasteiger partial charge in [-0.05, 0) is 32.1 Å². The summed E-state index contributed by atoms with van der Waals surface area (Å²) in [6.07, 6.45) is 11.1. The van der Waals surface area contributed by atoms with Crippen LogP contribution in [0.5, 0.6) is 0 Å². The summed E-state index contributed by atoms with van der Waals surface area (Å²) >= 11 is 3.55. The smallest absolute Gasteiger partial charge is 0.191 e. The second-order valence-corrected chi connectivity index (χ2v) is 9.13. The minimum atomic E-state index is 0. The van der Waals surface area contributed by atoms with Crippen LogP contribution in [0.25, 0.3) is 0 Å². The Kier molecular flexibility index (Phi) is 10.6. The number of piperidine rings is 1. The average Bonchev–Trinajstić information content (AvgIpc) is 3.35. The van der Waals surface area contributed by atoms with Crippen molar-refractivity contribution in [3.63, 3.8) is 0 Å². The maximum Gasteiger partial charge on any atom is 0.191 e. The van der Waals surface area contributed by atoms with Gasteiger partial charge in [-0.25, -0.2) is 4.98 Å². The monoisotopic (exact) mass is 509 g/mol. The summed E-state index contributed by atoms with van der Waals surface area (Å²) in [5.41, 5.74) is 0. The fraction of sp³-hybridized carbons (Fsp3) is 0.778. The molecule has 1 aromatic heterocycles. The summed E-state index contributed by atoms with van der Waals surface area (Å²) in [5.74, 6) is 2.05. The largest absolute Gasteiger partial charge is 0.356 e. The molecule has 2 heterocycles. The number of thioether (sulfide) groups is 1. The molecule has 3 rings (SSSR count). The number of nitrogens with zero attached hydrogens (tertiary/aromatic N) is 3. The van der Waals surface area contributed by atoms with Gasteiger partial charge in [0.25, 0.3) is 0 Å². The van der Waals surface area contributed by atoms with E-state index in [1.165, 1.54) is 51.6 Å². The Labute approximate surface area is 183 Å². The first-order valence-corrected chi connectivity index (χ1v) is 11.4. The van der Waals surface area contributed by atoms with E-state index in [4.69, 9.17) is 0 Å². The molecule has 148 valence electrons. The van der Waals surface area contributed by atoms with Gasteiger partial charge in [-0.3, -0.25) is 4.99 Å². The predicted molar refractivity (Wildman–Crippen MR) is 124 cm³/mol. The van der Waals surface area contributed by atoms with Crippen LogP contribution in [0.1, 0.15) is 44.9 Å². The van der Waals surface area contributed by atoms with Crippen molar-refractivity contribution in [2.75, 3.05) is 32.4 Å². The van der Waals surface area contributed by atoms with Gasteiger partial charge in [0.1, 0.15) is 4.34 Å². The molecule has 0 spiro atoms. The lowest BCUT2D eigenvalue weighted by Gasteiger charge is -2.36. The summed E-state index contributed by atoms with van der Waals surface area (Å²) in [6.45, 7) is 3.44. The number of aliphatic imine (C=N–C) groups is 1. The normalized spacial score (nSPS) is 20.1. The average molecular weight is 510 g/mol. The maximum atomic E-state index is 4.39. The molecule has 2 N–H and O–H groups in total. The first kappa shape index (κ1) is 22.2. The lowest BCUT2D eigenvalue weighted by molar-refractivity contribution is 0.150. The van der Waals surface area contributed by atoms with Gasteiger partial charge in [0, 0.05) is 56.1 Å². The summed E-state index contributed by atoms with van der Waals surface area (Å²) < 4.78 is 1.16. The van der Waals surface area contributed by atoms with Gasteiger partial charge in [0.05, 0.1) is 0 Å². The predicted octanol–water partition coefficient (Wildman–Crippen LogP) is 3.82. The zero-order valence-electron chi connectivity index (χ0n) is 15.7. The summed E-state index contributed by atoms with van der Waals surface area (Å²) in [6, 6.07) is 1.43. The van der Waals surface area contributed by atoms with Crippen LogP contribution in [0.2, 0.25) is 0 Å². The van der Waals surface area contributed by atoms with E-state index in [1.807, 2.05) is 30.4 Å². The van der Waals surface area contributed by atoms with Crippen molar-refractivity contribution in [2.45, 2.75) is 61.4 Å². The molecule has 0 aromatic carbocycles. The topological polar surface area (TPSA) is 52.6 Å². The molecule has 2 aliphatic rings. The van der Waals surface area contributed by atoms with E-state index in [0.717, 1.165) is 35.1 Å². The van der Waals surface area contributed by atoms with E-state index >= 15 is 0 Å². The molecule has 2 fully saturated rings. The summed E-state index contributed by atoms with van der Waals surface area (Å²) in [7, 11) is 1.87. The van der Waals surface area contributed by atoms with E-state index in [-0.39, 0.29) is 24.0 Å². The fourth-order valence-corrected chi connectivity index (χ4v) is 5.43. The van der Waals surface area contributed by atoms with Crippen molar-refractivity contribution in [3.8, 4) is 0 Å². The standard InChI is InChI=1S/C18H31N5S2.HI/c1-19-17(20-9-4-13-24-18-21-10-14-25-18)22-15-7-11-23(12-8-15)16-5-2-3-6-16;/h10,14-16H,2-9,11-13H2,1H3,(H2,19,20,22);1H. The Morgan fingerprint density at radius 1 is 1.31 bits per heavy atom. The van der Waals surface area contributed by atoms with E-state index in [9.17, 15) is 0 Å². The molecule has 1 aromatic rings. The van der Waals surface area contributed by atoms with E-state index in [1.54, 1.807) is 11.3 Å². The van der Waals surface area contributed by atoms with Gasteiger partial charge in [-0.15, -0.1) is 35.3 Å². The third kappa shape index (κ3) is 7.16. The highest BCUT2D eigenvalue weighted by Crippen LogP contribution is 2.26. The first-order valence-electron chi connectivity index (χ1n) is 9.58. The van der Waals surface area contributed by atoms with Crippen molar-refractivity contribution in [1.29, 1.82) is 0 Å². The zero-order valence-corrected chi connectivity index (χ0v) is 19.6. The molecule has 0 bridgehead atoms. The third-order valence-electron chi connectivity index (χ3n) is 5.18. The number of likely N-dealkylation sites (tertiary alicyclic amines) is 1. The molecule has 1 aliphatic carbocycles. The first-order chi connectivity index (χ1) is 12.3. The molecule has 1 saturated carbocycles. The highest BCUT2D eigenvalue weighted by atomic mass is 127.